The minimum atomic E-state index is -0.524. The lowest BCUT2D eigenvalue weighted by Crippen LogP contribution is -2.38. The summed E-state index contributed by atoms with van der Waals surface area (Å²) in [6.07, 6.45) is 6.45. The fourth-order valence-corrected chi connectivity index (χ4v) is 2.73. The maximum Gasteiger partial charge on any atom is 0.256 e. The molecule has 1 amide bonds. The number of rotatable bonds is 4. The molecular formula is C15H22N2O3. The number of amides is 1. The van der Waals surface area contributed by atoms with Crippen molar-refractivity contribution in [3.05, 3.63) is 33.7 Å². The number of aliphatic hydroxyl groups excluding tert-OH is 1. The van der Waals surface area contributed by atoms with Gasteiger partial charge in [0.2, 0.25) is 0 Å². The second-order valence-electron chi connectivity index (χ2n) is 5.57. The molecule has 1 fully saturated rings. The van der Waals surface area contributed by atoms with Gasteiger partial charge in [-0.05, 0) is 25.7 Å². The Bertz CT molecular complexity index is 518. The molecule has 0 unspecified atom stereocenters. The van der Waals surface area contributed by atoms with Gasteiger partial charge in [0.25, 0.3) is 5.91 Å². The molecule has 110 valence electrons. The van der Waals surface area contributed by atoms with E-state index in [2.05, 4.69) is 10.3 Å². The average Bonchev–Trinajstić information content (AvgIpc) is 2.45. The van der Waals surface area contributed by atoms with Gasteiger partial charge >= 0.3 is 0 Å². The maximum atomic E-state index is 11.9. The fraction of sp³-hybridized carbons (Fsp3) is 0.600. The molecule has 5 nitrogen and oxygen atoms in total. The van der Waals surface area contributed by atoms with Crippen LogP contribution in [-0.2, 0) is 0 Å². The lowest BCUT2D eigenvalue weighted by atomic mass is 9.85. The molecule has 1 aromatic heterocycles. The molecule has 5 heteroatoms. The molecule has 0 aromatic carbocycles. The molecule has 1 aliphatic rings. The van der Waals surface area contributed by atoms with Crippen LogP contribution in [0.3, 0.4) is 0 Å². The molecule has 0 bridgehead atoms. The largest absolute Gasteiger partial charge is 0.391 e. The first-order valence-corrected chi connectivity index (χ1v) is 7.23. The first kappa shape index (κ1) is 14.8. The Balaban J connectivity index is 1.89. The number of pyridine rings is 1. The molecule has 20 heavy (non-hydrogen) atoms. The number of hydrogen-bond acceptors (Lipinski definition) is 3. The fourth-order valence-electron chi connectivity index (χ4n) is 2.73. The summed E-state index contributed by atoms with van der Waals surface area (Å²) in [4.78, 5) is 26.5. The summed E-state index contributed by atoms with van der Waals surface area (Å²) in [7, 11) is 0. The number of aliphatic hydroxyl groups is 1. The van der Waals surface area contributed by atoms with E-state index in [0.717, 1.165) is 25.7 Å². The van der Waals surface area contributed by atoms with Crippen molar-refractivity contribution in [2.24, 2.45) is 5.92 Å². The van der Waals surface area contributed by atoms with Crippen molar-refractivity contribution in [1.29, 1.82) is 0 Å². The van der Waals surface area contributed by atoms with Crippen molar-refractivity contribution in [1.82, 2.24) is 10.3 Å². The molecular weight excluding hydrogens is 256 g/mol. The second-order valence-corrected chi connectivity index (χ2v) is 5.57. The van der Waals surface area contributed by atoms with E-state index in [1.807, 2.05) is 0 Å². The molecule has 0 saturated heterocycles. The topological polar surface area (TPSA) is 82.2 Å². The van der Waals surface area contributed by atoms with Gasteiger partial charge in [0.05, 0.1) is 6.10 Å². The third kappa shape index (κ3) is 3.70. The number of H-pyrrole nitrogens is 1. The molecule has 0 aliphatic heterocycles. The first-order chi connectivity index (χ1) is 9.58. The summed E-state index contributed by atoms with van der Waals surface area (Å²) in [5.41, 5.74) is 0.506. The second kappa shape index (κ2) is 6.70. The SMILES string of the molecule is Cc1cc(=O)c(C(=O)NC[C@@H](O)C2CCCCC2)c[nH]1. The predicted molar refractivity (Wildman–Crippen MR) is 76.7 cm³/mol. The van der Waals surface area contributed by atoms with Gasteiger partial charge in [0.15, 0.2) is 5.43 Å². The molecule has 1 aromatic rings. The van der Waals surface area contributed by atoms with E-state index in [0.29, 0.717) is 5.69 Å². The third-order valence-electron chi connectivity index (χ3n) is 3.97. The summed E-state index contributed by atoms with van der Waals surface area (Å²) in [6, 6.07) is 1.40. The molecule has 0 radical (unpaired) electrons. The van der Waals surface area contributed by atoms with Gasteiger partial charge < -0.3 is 15.4 Å². The van der Waals surface area contributed by atoms with E-state index < -0.39 is 12.0 Å². The van der Waals surface area contributed by atoms with Crippen LogP contribution in [0.1, 0.15) is 48.2 Å². The Morgan fingerprint density at radius 3 is 2.80 bits per heavy atom. The summed E-state index contributed by atoms with van der Waals surface area (Å²) in [6.45, 7) is 1.97. The summed E-state index contributed by atoms with van der Waals surface area (Å²) < 4.78 is 0. The molecule has 1 aliphatic carbocycles. The van der Waals surface area contributed by atoms with Crippen molar-refractivity contribution in [2.75, 3.05) is 6.54 Å². The van der Waals surface area contributed by atoms with E-state index in [4.69, 9.17) is 0 Å². The summed E-state index contributed by atoms with van der Waals surface area (Å²) in [5.74, 6) is -0.165. The van der Waals surface area contributed by atoms with E-state index in [-0.39, 0.29) is 23.5 Å². The van der Waals surface area contributed by atoms with Gasteiger partial charge in [-0.2, -0.15) is 0 Å². The van der Waals surface area contributed by atoms with Crippen LogP contribution in [0.4, 0.5) is 0 Å². The van der Waals surface area contributed by atoms with Crippen LogP contribution in [0.2, 0.25) is 0 Å². The van der Waals surface area contributed by atoms with Crippen LogP contribution in [-0.4, -0.2) is 28.6 Å². The van der Waals surface area contributed by atoms with E-state index in [9.17, 15) is 14.7 Å². The Labute approximate surface area is 118 Å². The predicted octanol–water partition coefficient (Wildman–Crippen LogP) is 1.35. The van der Waals surface area contributed by atoms with Crippen molar-refractivity contribution in [3.8, 4) is 0 Å². The number of nitrogens with one attached hydrogen (secondary N) is 2. The standard InChI is InChI=1S/C15H22N2O3/c1-10-7-13(18)12(8-16-10)15(20)17-9-14(19)11-5-3-2-4-6-11/h7-8,11,14,19H,2-6,9H2,1H3,(H,16,18)(H,17,20)/t14-/m1/s1. The minimum Gasteiger partial charge on any atom is -0.391 e. The van der Waals surface area contributed by atoms with Crippen LogP contribution < -0.4 is 10.7 Å². The zero-order chi connectivity index (χ0) is 14.5. The average molecular weight is 278 g/mol. The van der Waals surface area contributed by atoms with Crippen LogP contribution >= 0.6 is 0 Å². The highest BCUT2D eigenvalue weighted by atomic mass is 16.3. The van der Waals surface area contributed by atoms with E-state index in [1.54, 1.807) is 6.92 Å². The van der Waals surface area contributed by atoms with Gasteiger partial charge in [-0.1, -0.05) is 19.3 Å². The molecule has 0 spiro atoms. The van der Waals surface area contributed by atoms with Crippen LogP contribution in [0, 0.1) is 12.8 Å². The molecule has 2 rings (SSSR count). The van der Waals surface area contributed by atoms with Gasteiger partial charge in [0.1, 0.15) is 5.56 Å². The quantitative estimate of drug-likeness (QED) is 0.777. The van der Waals surface area contributed by atoms with Gasteiger partial charge in [-0.3, -0.25) is 9.59 Å². The van der Waals surface area contributed by atoms with Crippen molar-refractivity contribution in [2.45, 2.75) is 45.1 Å². The Kier molecular flexibility index (Phi) is 4.95. The monoisotopic (exact) mass is 278 g/mol. The lowest BCUT2D eigenvalue weighted by Gasteiger charge is -2.26. The number of carbonyl (C=O) groups excluding carboxylic acids is 1. The molecule has 1 atom stereocenters. The Morgan fingerprint density at radius 2 is 2.15 bits per heavy atom. The number of aromatic nitrogens is 1. The van der Waals surface area contributed by atoms with Crippen LogP contribution in [0.5, 0.6) is 0 Å². The zero-order valence-corrected chi connectivity index (χ0v) is 11.8. The summed E-state index contributed by atoms with van der Waals surface area (Å²) >= 11 is 0. The van der Waals surface area contributed by atoms with Gasteiger partial charge in [-0.25, -0.2) is 0 Å². The van der Waals surface area contributed by atoms with E-state index >= 15 is 0 Å². The summed E-state index contributed by atoms with van der Waals surface area (Å²) in [5, 5.41) is 12.7. The van der Waals surface area contributed by atoms with Gasteiger partial charge in [0, 0.05) is 24.5 Å². The lowest BCUT2D eigenvalue weighted by molar-refractivity contribution is 0.0737. The first-order valence-electron chi connectivity index (χ1n) is 7.23. The number of hydrogen-bond donors (Lipinski definition) is 3. The van der Waals surface area contributed by atoms with Crippen molar-refractivity contribution in [3.63, 3.8) is 0 Å². The highest BCUT2D eigenvalue weighted by Crippen LogP contribution is 2.26. The Morgan fingerprint density at radius 1 is 1.45 bits per heavy atom. The van der Waals surface area contributed by atoms with Gasteiger partial charge in [-0.15, -0.1) is 0 Å². The minimum absolute atomic E-state index is 0.0893. The molecule has 1 heterocycles. The van der Waals surface area contributed by atoms with Crippen molar-refractivity contribution < 1.29 is 9.90 Å². The third-order valence-corrected chi connectivity index (χ3v) is 3.97. The van der Waals surface area contributed by atoms with Crippen LogP contribution in [0.25, 0.3) is 0 Å². The normalized spacial score (nSPS) is 17.7. The van der Waals surface area contributed by atoms with Crippen molar-refractivity contribution >= 4 is 5.91 Å². The highest BCUT2D eigenvalue weighted by molar-refractivity contribution is 5.93. The highest BCUT2D eigenvalue weighted by Gasteiger charge is 2.22. The molecule has 1 saturated carbocycles. The zero-order valence-electron chi connectivity index (χ0n) is 11.8. The Hall–Kier alpha value is -1.62. The smallest absolute Gasteiger partial charge is 0.256 e. The number of carbonyl (C=O) groups is 1. The molecule has 3 N–H and O–H groups in total. The maximum absolute atomic E-state index is 11.9. The number of aromatic amines is 1. The van der Waals surface area contributed by atoms with E-state index in [1.165, 1.54) is 18.7 Å². The van der Waals surface area contributed by atoms with Crippen LogP contribution in [0.15, 0.2) is 17.1 Å². The number of aryl methyl sites for hydroxylation is 1.